The normalized spacial score (nSPS) is 15.2. The van der Waals surface area contributed by atoms with E-state index in [1.165, 1.54) is 30.6 Å². The Labute approximate surface area is 149 Å². The van der Waals surface area contributed by atoms with Crippen molar-refractivity contribution in [1.82, 2.24) is 4.72 Å². The topological polar surface area (TPSA) is 73.9 Å². The van der Waals surface area contributed by atoms with Gasteiger partial charge < -0.3 is 14.2 Å². The minimum absolute atomic E-state index is 0.101. The number of hydrogen-bond donors (Lipinski definition) is 1. The first-order valence-corrected chi connectivity index (χ1v) is 9.85. The molecular weight excluding hydrogens is 374 g/mol. The summed E-state index contributed by atoms with van der Waals surface area (Å²) < 4.78 is 44.3. The summed E-state index contributed by atoms with van der Waals surface area (Å²) in [4.78, 5) is 0.971. The van der Waals surface area contributed by atoms with Gasteiger partial charge in [0.25, 0.3) is 0 Å². The first kappa shape index (κ1) is 17.5. The quantitative estimate of drug-likeness (QED) is 0.822. The molecule has 6 nitrogen and oxygen atoms in total. The standard InChI is InChI=1S/C15H16ClNO5S2/c1-20-13(14-4-5-15(16)23-14)9-17-24(18,19)10-2-3-11-12(8-10)22-7-6-21-11/h2-5,8,13,17H,6-7,9H2,1H3/t13-/m0/s1. The van der Waals surface area contributed by atoms with Gasteiger partial charge >= 0.3 is 0 Å². The van der Waals surface area contributed by atoms with Gasteiger partial charge in [0.2, 0.25) is 10.0 Å². The van der Waals surface area contributed by atoms with Crippen LogP contribution in [0.5, 0.6) is 11.5 Å². The number of benzene rings is 1. The Bertz CT molecular complexity index is 821. The van der Waals surface area contributed by atoms with Crippen molar-refractivity contribution in [2.24, 2.45) is 0 Å². The number of thiophene rings is 1. The Morgan fingerprint density at radius 3 is 2.67 bits per heavy atom. The molecule has 0 bridgehead atoms. The van der Waals surface area contributed by atoms with Crippen LogP contribution in [0.25, 0.3) is 0 Å². The van der Waals surface area contributed by atoms with Gasteiger partial charge in [-0.15, -0.1) is 11.3 Å². The van der Waals surface area contributed by atoms with Gasteiger partial charge in [0.15, 0.2) is 11.5 Å². The molecule has 0 aliphatic carbocycles. The molecule has 0 unspecified atom stereocenters. The van der Waals surface area contributed by atoms with E-state index in [1.807, 2.05) is 6.07 Å². The van der Waals surface area contributed by atoms with Crippen LogP contribution in [0, 0.1) is 0 Å². The number of hydrogen-bond acceptors (Lipinski definition) is 6. The van der Waals surface area contributed by atoms with Gasteiger partial charge in [-0.3, -0.25) is 0 Å². The van der Waals surface area contributed by atoms with Crippen molar-refractivity contribution in [3.63, 3.8) is 0 Å². The second kappa shape index (κ2) is 7.28. The zero-order chi connectivity index (χ0) is 17.2. The summed E-state index contributed by atoms with van der Waals surface area (Å²) in [5, 5.41) is 0. The maximum atomic E-state index is 12.5. The van der Waals surface area contributed by atoms with Gasteiger partial charge in [-0.05, 0) is 24.3 Å². The number of ether oxygens (including phenoxy) is 3. The average Bonchev–Trinajstić information content (AvgIpc) is 3.01. The lowest BCUT2D eigenvalue weighted by atomic mass is 10.3. The van der Waals surface area contributed by atoms with Crippen molar-refractivity contribution >= 4 is 33.0 Å². The molecule has 1 atom stereocenters. The number of fused-ring (bicyclic) bond motifs is 1. The third-order valence-corrected chi connectivity index (χ3v) is 6.22. The first-order valence-electron chi connectivity index (χ1n) is 7.17. The molecule has 3 rings (SSSR count). The van der Waals surface area contributed by atoms with E-state index in [9.17, 15) is 8.42 Å². The lowest BCUT2D eigenvalue weighted by Gasteiger charge is -2.19. The molecule has 0 spiro atoms. The SMILES string of the molecule is CO[C@@H](CNS(=O)(=O)c1ccc2c(c1)OCCO2)c1ccc(Cl)s1. The first-order chi connectivity index (χ1) is 11.5. The molecule has 9 heteroatoms. The summed E-state index contributed by atoms with van der Waals surface area (Å²) >= 11 is 7.27. The third kappa shape index (κ3) is 3.84. The third-order valence-electron chi connectivity index (χ3n) is 3.48. The molecule has 2 heterocycles. The van der Waals surface area contributed by atoms with Crippen LogP contribution in [0.2, 0.25) is 4.34 Å². The van der Waals surface area contributed by atoms with Gasteiger partial charge in [0.05, 0.1) is 9.23 Å². The summed E-state index contributed by atoms with van der Waals surface area (Å²) in [6, 6.07) is 8.11. The van der Waals surface area contributed by atoms with Crippen LogP contribution in [-0.2, 0) is 14.8 Å². The number of sulfonamides is 1. The predicted octanol–water partition coefficient (Wildman–Crippen LogP) is 2.84. The monoisotopic (exact) mass is 389 g/mol. The van der Waals surface area contributed by atoms with Crippen molar-refractivity contribution < 1.29 is 22.6 Å². The molecule has 2 aromatic rings. The molecule has 1 aromatic carbocycles. The molecule has 1 aromatic heterocycles. The fourth-order valence-electron chi connectivity index (χ4n) is 2.26. The van der Waals surface area contributed by atoms with E-state index in [2.05, 4.69) is 4.72 Å². The lowest BCUT2D eigenvalue weighted by Crippen LogP contribution is -2.29. The van der Waals surface area contributed by atoms with Crippen LogP contribution in [0.15, 0.2) is 35.2 Å². The lowest BCUT2D eigenvalue weighted by molar-refractivity contribution is 0.110. The highest BCUT2D eigenvalue weighted by molar-refractivity contribution is 7.89. The Kier molecular flexibility index (Phi) is 5.31. The summed E-state index contributed by atoms with van der Waals surface area (Å²) in [5.74, 6) is 0.973. The van der Waals surface area contributed by atoms with Crippen molar-refractivity contribution in [2.75, 3.05) is 26.9 Å². The van der Waals surface area contributed by atoms with Crippen molar-refractivity contribution in [3.05, 3.63) is 39.5 Å². The van der Waals surface area contributed by atoms with Crippen molar-refractivity contribution in [2.45, 2.75) is 11.0 Å². The zero-order valence-corrected chi connectivity index (χ0v) is 15.2. The Balaban J connectivity index is 1.73. The average molecular weight is 390 g/mol. The Morgan fingerprint density at radius 2 is 2.00 bits per heavy atom. The second-order valence-electron chi connectivity index (χ2n) is 5.02. The molecule has 1 aliphatic heterocycles. The van der Waals surface area contributed by atoms with Crippen LogP contribution in [-0.4, -0.2) is 35.3 Å². The molecule has 0 fully saturated rings. The number of methoxy groups -OCH3 is 1. The Morgan fingerprint density at radius 1 is 1.25 bits per heavy atom. The summed E-state index contributed by atoms with van der Waals surface area (Å²) in [5.41, 5.74) is 0. The van der Waals surface area contributed by atoms with E-state index in [4.69, 9.17) is 25.8 Å². The number of nitrogens with one attached hydrogen (secondary N) is 1. The fourth-order valence-corrected chi connectivity index (χ4v) is 4.45. The van der Waals surface area contributed by atoms with E-state index in [1.54, 1.807) is 12.1 Å². The van der Waals surface area contributed by atoms with E-state index in [0.717, 1.165) is 4.88 Å². The smallest absolute Gasteiger partial charge is 0.240 e. The number of halogens is 1. The molecule has 24 heavy (non-hydrogen) atoms. The van der Waals surface area contributed by atoms with Crippen molar-refractivity contribution in [1.29, 1.82) is 0 Å². The molecule has 130 valence electrons. The highest BCUT2D eigenvalue weighted by atomic mass is 35.5. The fraction of sp³-hybridized carbons (Fsp3) is 0.333. The maximum absolute atomic E-state index is 12.5. The van der Waals surface area contributed by atoms with E-state index < -0.39 is 16.1 Å². The molecule has 1 N–H and O–H groups in total. The van der Waals surface area contributed by atoms with Gasteiger partial charge in [0, 0.05) is 24.6 Å². The zero-order valence-electron chi connectivity index (χ0n) is 12.8. The molecule has 0 radical (unpaired) electrons. The molecular formula is C15H16ClNO5S2. The Hall–Kier alpha value is -1.32. The molecule has 0 saturated heterocycles. The summed E-state index contributed by atoms with van der Waals surface area (Å²) in [6.45, 7) is 0.954. The predicted molar refractivity (Wildman–Crippen MR) is 91.7 cm³/mol. The molecule has 1 aliphatic rings. The second-order valence-corrected chi connectivity index (χ2v) is 8.54. The summed E-state index contributed by atoms with van der Waals surface area (Å²) in [6.07, 6.45) is -0.408. The van der Waals surface area contributed by atoms with E-state index in [-0.39, 0.29) is 11.4 Å². The largest absolute Gasteiger partial charge is 0.486 e. The van der Waals surface area contributed by atoms with Crippen LogP contribution >= 0.6 is 22.9 Å². The van der Waals surface area contributed by atoms with Crippen molar-refractivity contribution in [3.8, 4) is 11.5 Å². The van der Waals surface area contributed by atoms with E-state index in [0.29, 0.717) is 29.0 Å². The van der Waals surface area contributed by atoms with Crippen LogP contribution in [0.3, 0.4) is 0 Å². The minimum Gasteiger partial charge on any atom is -0.486 e. The van der Waals surface area contributed by atoms with Gasteiger partial charge in [-0.25, -0.2) is 13.1 Å². The summed E-state index contributed by atoms with van der Waals surface area (Å²) in [7, 11) is -2.17. The highest BCUT2D eigenvalue weighted by Gasteiger charge is 2.22. The molecule has 0 saturated carbocycles. The maximum Gasteiger partial charge on any atom is 0.240 e. The van der Waals surface area contributed by atoms with Gasteiger partial charge in [0.1, 0.15) is 19.3 Å². The van der Waals surface area contributed by atoms with Gasteiger partial charge in [-0.1, -0.05) is 11.6 Å². The van der Waals surface area contributed by atoms with Crippen LogP contribution < -0.4 is 14.2 Å². The van der Waals surface area contributed by atoms with E-state index >= 15 is 0 Å². The van der Waals surface area contributed by atoms with Gasteiger partial charge in [-0.2, -0.15) is 0 Å². The molecule has 0 amide bonds. The highest BCUT2D eigenvalue weighted by Crippen LogP contribution is 2.32. The minimum atomic E-state index is -3.69. The number of rotatable bonds is 6. The van der Waals surface area contributed by atoms with Crippen LogP contribution in [0.4, 0.5) is 0 Å². The van der Waals surface area contributed by atoms with Crippen LogP contribution in [0.1, 0.15) is 11.0 Å².